The molecule has 0 radical (unpaired) electrons. The van der Waals surface area contributed by atoms with Gasteiger partial charge in [0.1, 0.15) is 0 Å². The SMILES string of the molecule is COc1cc([C@@H](N)CC(C)C)c([N+](=O)[O-])cc1OC.Cl. The van der Waals surface area contributed by atoms with Crippen LogP contribution in [0.15, 0.2) is 12.1 Å². The zero-order chi connectivity index (χ0) is 14.6. The van der Waals surface area contributed by atoms with E-state index in [0.29, 0.717) is 29.4 Å². The molecular weight excluding hydrogens is 284 g/mol. The molecule has 0 aliphatic heterocycles. The first-order chi connectivity index (χ1) is 8.90. The molecule has 0 aliphatic rings. The van der Waals surface area contributed by atoms with Crippen molar-refractivity contribution < 1.29 is 14.4 Å². The van der Waals surface area contributed by atoms with Crippen LogP contribution < -0.4 is 15.2 Å². The van der Waals surface area contributed by atoms with E-state index < -0.39 is 11.0 Å². The van der Waals surface area contributed by atoms with E-state index in [0.717, 1.165) is 0 Å². The lowest BCUT2D eigenvalue weighted by atomic mass is 9.96. The number of ether oxygens (including phenoxy) is 2. The monoisotopic (exact) mass is 304 g/mol. The van der Waals surface area contributed by atoms with E-state index in [1.807, 2.05) is 13.8 Å². The summed E-state index contributed by atoms with van der Waals surface area (Å²) in [6.45, 7) is 4.04. The summed E-state index contributed by atoms with van der Waals surface area (Å²) in [4.78, 5) is 10.7. The maximum atomic E-state index is 11.1. The molecule has 0 fully saturated rings. The highest BCUT2D eigenvalue weighted by molar-refractivity contribution is 5.85. The number of hydrogen-bond donors (Lipinski definition) is 1. The number of nitro benzene ring substituents is 1. The summed E-state index contributed by atoms with van der Waals surface area (Å²) in [5, 5.41) is 11.1. The highest BCUT2D eigenvalue weighted by Crippen LogP contribution is 2.38. The van der Waals surface area contributed by atoms with Crippen LogP contribution in [0.3, 0.4) is 0 Å². The van der Waals surface area contributed by atoms with Crippen LogP contribution in [-0.2, 0) is 0 Å². The second-order valence-corrected chi connectivity index (χ2v) is 4.76. The molecule has 1 rings (SSSR count). The van der Waals surface area contributed by atoms with Gasteiger partial charge >= 0.3 is 0 Å². The number of rotatable bonds is 6. The summed E-state index contributed by atoms with van der Waals surface area (Å²) in [5.74, 6) is 1.12. The van der Waals surface area contributed by atoms with Gasteiger partial charge in [-0.15, -0.1) is 12.4 Å². The van der Waals surface area contributed by atoms with Crippen molar-refractivity contribution in [2.45, 2.75) is 26.3 Å². The van der Waals surface area contributed by atoms with Gasteiger partial charge in [0.15, 0.2) is 11.5 Å². The molecule has 0 bridgehead atoms. The van der Waals surface area contributed by atoms with E-state index >= 15 is 0 Å². The molecule has 20 heavy (non-hydrogen) atoms. The molecule has 114 valence electrons. The van der Waals surface area contributed by atoms with Crippen LogP contribution in [-0.4, -0.2) is 19.1 Å². The quantitative estimate of drug-likeness (QED) is 0.644. The Bertz CT molecular complexity index is 466. The molecule has 0 spiro atoms. The average Bonchev–Trinajstić information content (AvgIpc) is 2.35. The van der Waals surface area contributed by atoms with E-state index in [2.05, 4.69) is 0 Å². The Balaban J connectivity index is 0.00000361. The Hall–Kier alpha value is -1.53. The van der Waals surface area contributed by atoms with Crippen LogP contribution in [0.25, 0.3) is 0 Å². The first kappa shape index (κ1) is 18.5. The molecule has 7 heteroatoms. The number of nitrogens with two attached hydrogens (primary N) is 1. The van der Waals surface area contributed by atoms with Gasteiger partial charge in [0.05, 0.1) is 30.8 Å². The van der Waals surface area contributed by atoms with E-state index in [1.54, 1.807) is 6.07 Å². The van der Waals surface area contributed by atoms with Crippen molar-refractivity contribution in [3.8, 4) is 11.5 Å². The summed E-state index contributed by atoms with van der Waals surface area (Å²) in [6, 6.07) is 2.54. The van der Waals surface area contributed by atoms with Gasteiger partial charge < -0.3 is 15.2 Å². The Labute approximate surface area is 124 Å². The van der Waals surface area contributed by atoms with Crippen molar-refractivity contribution in [2.24, 2.45) is 11.7 Å². The van der Waals surface area contributed by atoms with Gasteiger partial charge in [-0.2, -0.15) is 0 Å². The number of nitro groups is 1. The number of benzene rings is 1. The number of methoxy groups -OCH3 is 2. The van der Waals surface area contributed by atoms with Crippen molar-refractivity contribution in [3.63, 3.8) is 0 Å². The van der Waals surface area contributed by atoms with Crippen LogP contribution in [0.1, 0.15) is 31.9 Å². The molecule has 0 saturated heterocycles. The molecular formula is C13H21ClN2O4. The average molecular weight is 305 g/mol. The third-order valence-electron chi connectivity index (χ3n) is 2.85. The fourth-order valence-electron chi connectivity index (χ4n) is 1.97. The first-order valence-corrected chi connectivity index (χ1v) is 6.06. The molecule has 1 atom stereocenters. The summed E-state index contributed by atoms with van der Waals surface area (Å²) in [7, 11) is 2.93. The number of nitrogens with zero attached hydrogens (tertiary/aromatic N) is 1. The van der Waals surface area contributed by atoms with E-state index in [1.165, 1.54) is 20.3 Å². The summed E-state index contributed by atoms with van der Waals surface area (Å²) in [6.07, 6.45) is 0.663. The third kappa shape index (κ3) is 4.25. The summed E-state index contributed by atoms with van der Waals surface area (Å²) in [5.41, 5.74) is 6.48. The summed E-state index contributed by atoms with van der Waals surface area (Å²) >= 11 is 0. The second-order valence-electron chi connectivity index (χ2n) is 4.76. The fraction of sp³-hybridized carbons (Fsp3) is 0.538. The lowest BCUT2D eigenvalue weighted by Gasteiger charge is -2.17. The molecule has 1 aromatic rings. The van der Waals surface area contributed by atoms with Crippen LogP contribution in [0.5, 0.6) is 11.5 Å². The zero-order valence-corrected chi connectivity index (χ0v) is 12.9. The Morgan fingerprint density at radius 1 is 1.25 bits per heavy atom. The lowest BCUT2D eigenvalue weighted by Crippen LogP contribution is -2.15. The Morgan fingerprint density at radius 3 is 2.15 bits per heavy atom. The highest BCUT2D eigenvalue weighted by atomic mass is 35.5. The van der Waals surface area contributed by atoms with Crippen molar-refractivity contribution in [3.05, 3.63) is 27.8 Å². The summed E-state index contributed by atoms with van der Waals surface area (Å²) < 4.78 is 10.2. The van der Waals surface area contributed by atoms with Gasteiger partial charge in [-0.25, -0.2) is 0 Å². The molecule has 1 aromatic carbocycles. The zero-order valence-electron chi connectivity index (χ0n) is 12.1. The third-order valence-corrected chi connectivity index (χ3v) is 2.85. The second kappa shape index (κ2) is 7.91. The topological polar surface area (TPSA) is 87.6 Å². The van der Waals surface area contributed by atoms with Crippen molar-refractivity contribution in [1.82, 2.24) is 0 Å². The fourth-order valence-corrected chi connectivity index (χ4v) is 1.97. The van der Waals surface area contributed by atoms with Gasteiger partial charge in [-0.05, 0) is 18.4 Å². The van der Waals surface area contributed by atoms with E-state index in [-0.39, 0.29) is 18.1 Å². The smallest absolute Gasteiger partial charge is 0.278 e. The van der Waals surface area contributed by atoms with Gasteiger partial charge in [0.25, 0.3) is 5.69 Å². The highest BCUT2D eigenvalue weighted by Gasteiger charge is 2.24. The largest absolute Gasteiger partial charge is 0.493 e. The normalized spacial score (nSPS) is 11.7. The molecule has 2 N–H and O–H groups in total. The molecule has 0 unspecified atom stereocenters. The van der Waals surface area contributed by atoms with E-state index in [4.69, 9.17) is 15.2 Å². The Morgan fingerprint density at radius 2 is 1.75 bits per heavy atom. The molecule has 6 nitrogen and oxygen atoms in total. The standard InChI is InChI=1S/C13H20N2O4.ClH/c1-8(2)5-10(14)9-6-12(18-3)13(19-4)7-11(9)15(16)17;/h6-8,10H,5,14H2,1-4H3;1H/t10-;/m0./s1. The lowest BCUT2D eigenvalue weighted by molar-refractivity contribution is -0.385. The minimum atomic E-state index is -0.447. The molecule has 0 aliphatic carbocycles. The van der Waals surface area contributed by atoms with Crippen LogP contribution in [0.2, 0.25) is 0 Å². The molecule has 0 heterocycles. The molecule has 0 aromatic heterocycles. The Kier molecular flexibility index (Phi) is 7.31. The maximum absolute atomic E-state index is 11.1. The van der Waals surface area contributed by atoms with Gasteiger partial charge in [-0.1, -0.05) is 13.8 Å². The van der Waals surface area contributed by atoms with Crippen molar-refractivity contribution in [2.75, 3.05) is 14.2 Å². The number of halogens is 1. The van der Waals surface area contributed by atoms with Gasteiger partial charge in [0.2, 0.25) is 0 Å². The van der Waals surface area contributed by atoms with Crippen molar-refractivity contribution >= 4 is 18.1 Å². The predicted molar refractivity (Wildman–Crippen MR) is 79.8 cm³/mol. The van der Waals surface area contributed by atoms with Crippen molar-refractivity contribution in [1.29, 1.82) is 0 Å². The molecule has 0 amide bonds. The first-order valence-electron chi connectivity index (χ1n) is 6.06. The van der Waals surface area contributed by atoms with Crippen LogP contribution in [0, 0.1) is 16.0 Å². The van der Waals surface area contributed by atoms with Crippen LogP contribution >= 0.6 is 12.4 Å². The van der Waals surface area contributed by atoms with Crippen LogP contribution in [0.4, 0.5) is 5.69 Å². The van der Waals surface area contributed by atoms with E-state index in [9.17, 15) is 10.1 Å². The number of hydrogen-bond acceptors (Lipinski definition) is 5. The molecule has 0 saturated carbocycles. The van der Waals surface area contributed by atoms with Gasteiger partial charge in [0, 0.05) is 6.04 Å². The van der Waals surface area contributed by atoms with Gasteiger partial charge in [-0.3, -0.25) is 10.1 Å². The maximum Gasteiger partial charge on any atom is 0.278 e. The minimum Gasteiger partial charge on any atom is -0.493 e. The minimum absolute atomic E-state index is 0. The predicted octanol–water partition coefficient (Wildman–Crippen LogP) is 3.08.